The summed E-state index contributed by atoms with van der Waals surface area (Å²) >= 11 is 0. The molecule has 0 spiro atoms. The lowest BCUT2D eigenvalue weighted by Crippen LogP contribution is -2.49. The Bertz CT molecular complexity index is 1060. The Labute approximate surface area is 212 Å². The number of hydrogen-bond acceptors (Lipinski definition) is 5. The zero-order chi connectivity index (χ0) is 23.8. The minimum Gasteiger partial charge on any atom is -0.490 e. The van der Waals surface area contributed by atoms with Crippen molar-refractivity contribution >= 4 is 23.9 Å². The van der Waals surface area contributed by atoms with Crippen molar-refractivity contribution in [2.24, 2.45) is 0 Å². The van der Waals surface area contributed by atoms with E-state index in [1.165, 1.54) is 12.1 Å². The van der Waals surface area contributed by atoms with Crippen LogP contribution in [0.3, 0.4) is 0 Å². The van der Waals surface area contributed by atoms with Crippen LogP contribution in [-0.2, 0) is 6.42 Å². The number of aryl methyl sites for hydroxylation is 1. The molecular formula is C28H32ClFN2O3. The third kappa shape index (κ3) is 7.79. The first-order valence-electron chi connectivity index (χ1n) is 11.8. The fourth-order valence-corrected chi connectivity index (χ4v) is 4.24. The molecule has 0 aromatic heterocycles. The van der Waals surface area contributed by atoms with Crippen molar-refractivity contribution in [2.75, 3.05) is 44.2 Å². The SMILES string of the molecule is Cl.O=C(CCc1ccccc1)c1ccccc1OCC(O)CN1CCN(c2ccc(F)cc2)CC1. The Balaban J connectivity index is 0.00000342. The molecule has 1 aliphatic heterocycles. The highest BCUT2D eigenvalue weighted by Crippen LogP contribution is 2.21. The maximum Gasteiger partial charge on any atom is 0.166 e. The van der Waals surface area contributed by atoms with Crippen molar-refractivity contribution in [3.8, 4) is 5.75 Å². The molecule has 1 heterocycles. The largest absolute Gasteiger partial charge is 0.490 e. The molecule has 0 bridgehead atoms. The fraction of sp³-hybridized carbons (Fsp3) is 0.321. The average Bonchev–Trinajstić information content (AvgIpc) is 2.88. The van der Waals surface area contributed by atoms with Crippen molar-refractivity contribution in [1.29, 1.82) is 0 Å². The molecule has 1 aliphatic rings. The van der Waals surface area contributed by atoms with E-state index in [2.05, 4.69) is 9.80 Å². The van der Waals surface area contributed by atoms with Crippen molar-refractivity contribution in [3.63, 3.8) is 0 Å². The fourth-order valence-electron chi connectivity index (χ4n) is 4.24. The summed E-state index contributed by atoms with van der Waals surface area (Å²) in [6.07, 6.45) is 0.427. The molecule has 35 heavy (non-hydrogen) atoms. The summed E-state index contributed by atoms with van der Waals surface area (Å²) in [5, 5.41) is 10.6. The van der Waals surface area contributed by atoms with Crippen LogP contribution in [0.25, 0.3) is 0 Å². The van der Waals surface area contributed by atoms with Gasteiger partial charge in [-0.15, -0.1) is 12.4 Å². The van der Waals surface area contributed by atoms with Gasteiger partial charge in [-0.1, -0.05) is 42.5 Å². The smallest absolute Gasteiger partial charge is 0.166 e. The maximum absolute atomic E-state index is 13.1. The van der Waals surface area contributed by atoms with E-state index in [-0.39, 0.29) is 30.6 Å². The molecule has 186 valence electrons. The number of piperazine rings is 1. The summed E-state index contributed by atoms with van der Waals surface area (Å²) in [6.45, 7) is 3.88. The number of hydrogen-bond donors (Lipinski definition) is 1. The summed E-state index contributed by atoms with van der Waals surface area (Å²) in [5.41, 5.74) is 2.70. The van der Waals surface area contributed by atoms with Gasteiger partial charge in [0.2, 0.25) is 0 Å². The number of Topliss-reactive ketones (excluding diaryl/α,β-unsaturated/α-hetero) is 1. The summed E-state index contributed by atoms with van der Waals surface area (Å²) in [6, 6.07) is 23.7. The molecule has 1 unspecified atom stereocenters. The first-order valence-corrected chi connectivity index (χ1v) is 11.8. The molecule has 1 fully saturated rings. The third-order valence-corrected chi connectivity index (χ3v) is 6.14. The number of carbonyl (C=O) groups is 1. The van der Waals surface area contributed by atoms with Gasteiger partial charge in [-0.25, -0.2) is 4.39 Å². The highest BCUT2D eigenvalue weighted by molar-refractivity contribution is 5.98. The van der Waals surface area contributed by atoms with Crippen molar-refractivity contribution < 1.29 is 19.0 Å². The summed E-state index contributed by atoms with van der Waals surface area (Å²) in [4.78, 5) is 17.2. The molecule has 7 heteroatoms. The first kappa shape index (κ1) is 26.7. The van der Waals surface area contributed by atoms with Crippen LogP contribution in [0, 0.1) is 5.82 Å². The number of aliphatic hydroxyl groups is 1. The zero-order valence-electron chi connectivity index (χ0n) is 19.7. The predicted molar refractivity (Wildman–Crippen MR) is 139 cm³/mol. The van der Waals surface area contributed by atoms with E-state index in [1.54, 1.807) is 24.3 Å². The van der Waals surface area contributed by atoms with Gasteiger partial charge >= 0.3 is 0 Å². The second-order valence-electron chi connectivity index (χ2n) is 8.63. The maximum atomic E-state index is 13.1. The highest BCUT2D eigenvalue weighted by Gasteiger charge is 2.20. The van der Waals surface area contributed by atoms with Crippen LogP contribution in [0.5, 0.6) is 5.75 Å². The molecule has 0 radical (unpaired) electrons. The monoisotopic (exact) mass is 498 g/mol. The van der Waals surface area contributed by atoms with E-state index in [4.69, 9.17) is 4.74 Å². The van der Waals surface area contributed by atoms with E-state index >= 15 is 0 Å². The topological polar surface area (TPSA) is 53.0 Å². The molecule has 1 atom stereocenters. The van der Waals surface area contributed by atoms with Gasteiger partial charge < -0.3 is 14.7 Å². The molecular weight excluding hydrogens is 467 g/mol. The molecule has 0 saturated carbocycles. The number of β-amino-alcohol motifs (C(OH)–C–C–N with tert-alkyl or cyclic N) is 1. The number of ketones is 1. The van der Waals surface area contributed by atoms with Gasteiger partial charge in [-0.3, -0.25) is 9.69 Å². The van der Waals surface area contributed by atoms with Gasteiger partial charge in [0, 0.05) is 44.8 Å². The van der Waals surface area contributed by atoms with Crippen molar-refractivity contribution in [1.82, 2.24) is 4.90 Å². The van der Waals surface area contributed by atoms with Crippen LogP contribution >= 0.6 is 12.4 Å². The number of halogens is 2. The van der Waals surface area contributed by atoms with E-state index in [0.717, 1.165) is 37.4 Å². The lowest BCUT2D eigenvalue weighted by molar-refractivity contribution is 0.0655. The van der Waals surface area contributed by atoms with Gasteiger partial charge in [-0.2, -0.15) is 0 Å². The van der Waals surface area contributed by atoms with Crippen LogP contribution < -0.4 is 9.64 Å². The minimum absolute atomic E-state index is 0. The van der Waals surface area contributed by atoms with E-state index in [9.17, 15) is 14.3 Å². The van der Waals surface area contributed by atoms with Gasteiger partial charge in [-0.05, 0) is 48.4 Å². The molecule has 1 saturated heterocycles. The summed E-state index contributed by atoms with van der Waals surface area (Å²) in [5.74, 6) is 0.316. The predicted octanol–water partition coefficient (Wildman–Crippen LogP) is 4.62. The van der Waals surface area contributed by atoms with Crippen LogP contribution in [0.15, 0.2) is 78.9 Å². The van der Waals surface area contributed by atoms with E-state index in [1.807, 2.05) is 42.5 Å². The quantitative estimate of drug-likeness (QED) is 0.413. The summed E-state index contributed by atoms with van der Waals surface area (Å²) in [7, 11) is 0. The van der Waals surface area contributed by atoms with Crippen molar-refractivity contribution in [2.45, 2.75) is 18.9 Å². The molecule has 3 aromatic carbocycles. The second kappa shape index (κ2) is 13.2. The van der Waals surface area contributed by atoms with Gasteiger partial charge in [0.25, 0.3) is 0 Å². The van der Waals surface area contributed by atoms with Gasteiger partial charge in [0.05, 0.1) is 5.56 Å². The average molecular weight is 499 g/mol. The van der Waals surface area contributed by atoms with Gasteiger partial charge in [0.1, 0.15) is 24.3 Å². The Morgan fingerprint density at radius 1 is 0.914 bits per heavy atom. The Morgan fingerprint density at radius 3 is 2.29 bits per heavy atom. The normalized spacial score (nSPS) is 14.7. The lowest BCUT2D eigenvalue weighted by Gasteiger charge is -2.36. The van der Waals surface area contributed by atoms with Crippen LogP contribution in [0.2, 0.25) is 0 Å². The number of nitrogens with zero attached hydrogens (tertiary/aromatic N) is 2. The standard InChI is InChI=1S/C28H31FN2O3.ClH/c29-23-11-13-24(14-12-23)31-18-16-30(17-19-31)20-25(32)21-34-28-9-5-4-8-26(28)27(33)15-10-22-6-2-1-3-7-22;/h1-9,11-14,25,32H,10,15-21H2;1H. The van der Waals surface area contributed by atoms with Crippen LogP contribution in [-0.4, -0.2) is 61.2 Å². The second-order valence-corrected chi connectivity index (χ2v) is 8.63. The number of carbonyl (C=O) groups excluding carboxylic acids is 1. The van der Waals surface area contributed by atoms with Crippen LogP contribution in [0.4, 0.5) is 10.1 Å². The number of rotatable bonds is 10. The summed E-state index contributed by atoms with van der Waals surface area (Å²) < 4.78 is 19.0. The number of para-hydroxylation sites is 1. The zero-order valence-corrected chi connectivity index (χ0v) is 20.5. The molecule has 0 amide bonds. The molecule has 3 aromatic rings. The highest BCUT2D eigenvalue weighted by atomic mass is 35.5. The van der Waals surface area contributed by atoms with E-state index in [0.29, 0.717) is 30.7 Å². The van der Waals surface area contributed by atoms with Crippen molar-refractivity contribution in [3.05, 3.63) is 95.8 Å². The Kier molecular flexibility index (Phi) is 10.1. The molecule has 0 aliphatic carbocycles. The van der Waals surface area contributed by atoms with Crippen LogP contribution in [0.1, 0.15) is 22.3 Å². The molecule has 5 nitrogen and oxygen atoms in total. The number of aliphatic hydroxyl groups excluding tert-OH is 1. The Morgan fingerprint density at radius 2 is 1.57 bits per heavy atom. The molecule has 1 N–H and O–H groups in total. The molecule has 4 rings (SSSR count). The lowest BCUT2D eigenvalue weighted by atomic mass is 10.0. The van der Waals surface area contributed by atoms with Gasteiger partial charge in [0.15, 0.2) is 5.78 Å². The van der Waals surface area contributed by atoms with E-state index < -0.39 is 6.10 Å². The number of ether oxygens (including phenoxy) is 1. The number of benzene rings is 3. The Hall–Kier alpha value is -2.93. The third-order valence-electron chi connectivity index (χ3n) is 6.14. The first-order chi connectivity index (χ1) is 16.6. The minimum atomic E-state index is -0.662. The number of anilines is 1.